The predicted molar refractivity (Wildman–Crippen MR) is 85.5 cm³/mol. The van der Waals surface area contributed by atoms with Crippen LogP contribution in [0, 0.1) is 5.82 Å². The lowest BCUT2D eigenvalue weighted by Crippen LogP contribution is -2.24. The molecule has 0 bridgehead atoms. The average Bonchev–Trinajstić information content (AvgIpc) is 2.49. The van der Waals surface area contributed by atoms with Gasteiger partial charge in [0.1, 0.15) is 17.3 Å². The third-order valence-electron chi connectivity index (χ3n) is 3.06. The van der Waals surface area contributed by atoms with E-state index in [9.17, 15) is 17.6 Å². The predicted octanol–water partition coefficient (Wildman–Crippen LogP) is 2.39. The number of carbonyl (C=O) groups is 1. The van der Waals surface area contributed by atoms with Crippen LogP contribution in [0.25, 0.3) is 0 Å². The van der Waals surface area contributed by atoms with E-state index in [1.807, 2.05) is 0 Å². The van der Waals surface area contributed by atoms with Gasteiger partial charge in [0.25, 0.3) is 0 Å². The maximum absolute atomic E-state index is 13.5. The third-order valence-corrected chi connectivity index (χ3v) is 4.51. The van der Waals surface area contributed by atoms with Crippen molar-refractivity contribution in [3.63, 3.8) is 0 Å². The summed E-state index contributed by atoms with van der Waals surface area (Å²) in [6.07, 6.45) is 0. The quantitative estimate of drug-likeness (QED) is 0.878. The molecule has 0 atom stereocenters. The number of amides is 1. The fourth-order valence-electron chi connectivity index (χ4n) is 1.97. The molecule has 0 fully saturated rings. The van der Waals surface area contributed by atoms with Crippen molar-refractivity contribution in [1.29, 1.82) is 0 Å². The Morgan fingerprint density at radius 3 is 2.39 bits per heavy atom. The molecule has 0 unspecified atom stereocenters. The highest BCUT2D eigenvalue weighted by atomic mass is 32.2. The molecule has 7 heteroatoms. The summed E-state index contributed by atoms with van der Waals surface area (Å²) in [5, 5.41) is 2.48. The zero-order valence-electron chi connectivity index (χ0n) is 12.5. The fraction of sp³-hybridized carbons (Fsp3) is 0.188. The number of hydrogen-bond donors (Lipinski definition) is 1. The van der Waals surface area contributed by atoms with Crippen molar-refractivity contribution in [3.05, 3.63) is 59.9 Å². The monoisotopic (exact) mass is 337 g/mol. The van der Waals surface area contributed by atoms with Crippen LogP contribution >= 0.6 is 0 Å². The number of anilines is 1. The van der Waals surface area contributed by atoms with Crippen molar-refractivity contribution in [1.82, 2.24) is 0 Å². The molecule has 1 N–H and O–H groups in total. The highest BCUT2D eigenvalue weighted by molar-refractivity contribution is 7.91. The minimum absolute atomic E-state index is 0.0461. The number of nitrogens with one attached hydrogen (secondary N) is 1. The minimum Gasteiger partial charge on any atom is -0.497 e. The number of carbonyl (C=O) groups excluding carboxylic acids is 1. The Bertz CT molecular complexity index is 788. The van der Waals surface area contributed by atoms with Gasteiger partial charge in [-0.1, -0.05) is 18.2 Å². The maximum Gasteiger partial charge on any atom is 0.239 e. The number of ether oxygens (including phenoxy) is 1. The molecule has 0 saturated carbocycles. The van der Waals surface area contributed by atoms with E-state index in [-0.39, 0.29) is 5.56 Å². The van der Waals surface area contributed by atoms with Crippen molar-refractivity contribution in [3.8, 4) is 5.75 Å². The fourth-order valence-corrected chi connectivity index (χ4v) is 3.26. The number of halogens is 1. The summed E-state index contributed by atoms with van der Waals surface area (Å²) in [6, 6.07) is 12.1. The summed E-state index contributed by atoms with van der Waals surface area (Å²) < 4.78 is 42.5. The molecule has 2 aromatic rings. The number of rotatable bonds is 6. The molecule has 0 aliphatic carbocycles. The van der Waals surface area contributed by atoms with E-state index >= 15 is 0 Å². The van der Waals surface area contributed by atoms with Crippen molar-refractivity contribution in [2.45, 2.75) is 5.75 Å². The Kier molecular flexibility index (Phi) is 5.33. The highest BCUT2D eigenvalue weighted by Gasteiger charge is 2.19. The molecule has 0 saturated heterocycles. The summed E-state index contributed by atoms with van der Waals surface area (Å²) in [7, 11) is -2.25. The van der Waals surface area contributed by atoms with Gasteiger partial charge >= 0.3 is 0 Å². The molecule has 0 radical (unpaired) electrons. The Labute approximate surface area is 134 Å². The molecule has 0 heterocycles. The normalized spacial score (nSPS) is 11.0. The van der Waals surface area contributed by atoms with E-state index in [0.717, 1.165) is 0 Å². The van der Waals surface area contributed by atoms with Gasteiger partial charge in [0.05, 0.1) is 12.9 Å². The number of hydrogen-bond acceptors (Lipinski definition) is 4. The summed E-state index contributed by atoms with van der Waals surface area (Å²) in [6.45, 7) is 0. The van der Waals surface area contributed by atoms with Crippen LogP contribution in [0.15, 0.2) is 48.5 Å². The Balaban J connectivity index is 1.99. The van der Waals surface area contributed by atoms with Crippen LogP contribution in [-0.4, -0.2) is 27.2 Å². The Morgan fingerprint density at radius 2 is 1.78 bits per heavy atom. The first-order valence-corrected chi connectivity index (χ1v) is 8.59. The van der Waals surface area contributed by atoms with Gasteiger partial charge in [0, 0.05) is 11.3 Å². The molecule has 2 rings (SSSR count). The molecule has 0 aromatic heterocycles. The largest absolute Gasteiger partial charge is 0.497 e. The van der Waals surface area contributed by atoms with Gasteiger partial charge in [-0.3, -0.25) is 4.79 Å². The zero-order chi connectivity index (χ0) is 16.9. The first kappa shape index (κ1) is 17.0. The van der Waals surface area contributed by atoms with E-state index in [0.29, 0.717) is 11.4 Å². The molecule has 0 aliphatic heterocycles. The van der Waals surface area contributed by atoms with Crippen molar-refractivity contribution >= 4 is 21.4 Å². The second-order valence-corrected chi connectivity index (χ2v) is 6.96. The Hall–Kier alpha value is -2.41. The standard InChI is InChI=1S/C16H16FNO4S/c1-22-14-8-6-13(7-9-14)18-16(19)11-23(20,21)10-12-4-2-3-5-15(12)17/h2-9H,10-11H2,1H3,(H,18,19). The average molecular weight is 337 g/mol. The van der Waals surface area contributed by atoms with Gasteiger partial charge in [-0.25, -0.2) is 12.8 Å². The molecule has 0 aliphatic rings. The van der Waals surface area contributed by atoms with Crippen LogP contribution in [-0.2, 0) is 20.4 Å². The van der Waals surface area contributed by atoms with Gasteiger partial charge in [0.2, 0.25) is 5.91 Å². The molecule has 23 heavy (non-hydrogen) atoms. The molecule has 1 amide bonds. The molecular weight excluding hydrogens is 321 g/mol. The lowest BCUT2D eigenvalue weighted by atomic mass is 10.2. The van der Waals surface area contributed by atoms with Crippen molar-refractivity contribution in [2.24, 2.45) is 0 Å². The van der Waals surface area contributed by atoms with Gasteiger partial charge in [-0.05, 0) is 30.3 Å². The number of benzene rings is 2. The second-order valence-electron chi connectivity index (χ2n) is 4.90. The van der Waals surface area contributed by atoms with Gasteiger partial charge in [-0.15, -0.1) is 0 Å². The van der Waals surface area contributed by atoms with Crippen LogP contribution in [0.3, 0.4) is 0 Å². The minimum atomic E-state index is -3.77. The van der Waals surface area contributed by atoms with E-state index < -0.39 is 33.1 Å². The molecule has 5 nitrogen and oxygen atoms in total. The van der Waals surface area contributed by atoms with Crippen LogP contribution in [0.4, 0.5) is 10.1 Å². The summed E-state index contributed by atoms with van der Waals surface area (Å²) in [5.74, 6) is -1.89. The van der Waals surface area contributed by atoms with E-state index in [1.165, 1.54) is 25.3 Å². The van der Waals surface area contributed by atoms with Crippen molar-refractivity contribution in [2.75, 3.05) is 18.2 Å². The summed E-state index contributed by atoms with van der Waals surface area (Å²) >= 11 is 0. The molecule has 122 valence electrons. The topological polar surface area (TPSA) is 72.5 Å². The summed E-state index contributed by atoms with van der Waals surface area (Å²) in [4.78, 5) is 11.8. The first-order valence-electron chi connectivity index (χ1n) is 6.77. The van der Waals surface area contributed by atoms with E-state index in [4.69, 9.17) is 4.74 Å². The maximum atomic E-state index is 13.5. The van der Waals surface area contributed by atoms with Crippen molar-refractivity contribution < 1.29 is 22.3 Å². The zero-order valence-corrected chi connectivity index (χ0v) is 13.3. The van der Waals surface area contributed by atoms with Crippen LogP contribution < -0.4 is 10.1 Å². The van der Waals surface area contributed by atoms with Gasteiger partial charge < -0.3 is 10.1 Å². The van der Waals surface area contributed by atoms with E-state index in [2.05, 4.69) is 5.32 Å². The van der Waals surface area contributed by atoms with Gasteiger partial charge in [-0.2, -0.15) is 0 Å². The lowest BCUT2D eigenvalue weighted by molar-refractivity contribution is -0.113. The van der Waals surface area contributed by atoms with Crippen LogP contribution in [0.2, 0.25) is 0 Å². The number of methoxy groups -OCH3 is 1. The smallest absolute Gasteiger partial charge is 0.239 e. The molecular formula is C16H16FNO4S. The summed E-state index contributed by atoms with van der Waals surface area (Å²) in [5.41, 5.74) is 0.502. The van der Waals surface area contributed by atoms with E-state index in [1.54, 1.807) is 30.3 Å². The molecule has 0 spiro atoms. The number of sulfone groups is 1. The highest BCUT2D eigenvalue weighted by Crippen LogP contribution is 2.16. The lowest BCUT2D eigenvalue weighted by Gasteiger charge is -2.08. The SMILES string of the molecule is COc1ccc(NC(=O)CS(=O)(=O)Cc2ccccc2F)cc1. The first-order chi connectivity index (χ1) is 10.9. The van der Waals surface area contributed by atoms with Crippen LogP contribution in [0.1, 0.15) is 5.56 Å². The van der Waals surface area contributed by atoms with Crippen LogP contribution in [0.5, 0.6) is 5.75 Å². The Morgan fingerprint density at radius 1 is 1.13 bits per heavy atom. The second kappa shape index (κ2) is 7.23. The third kappa shape index (κ3) is 5.07. The van der Waals surface area contributed by atoms with Gasteiger partial charge in [0.15, 0.2) is 9.84 Å². The molecule has 2 aromatic carbocycles.